The van der Waals surface area contributed by atoms with Gasteiger partial charge in [-0.15, -0.1) is 0 Å². The summed E-state index contributed by atoms with van der Waals surface area (Å²) in [5.74, 6) is -4.69. The van der Waals surface area contributed by atoms with Gasteiger partial charge in [0.25, 0.3) is 5.91 Å². The van der Waals surface area contributed by atoms with E-state index in [2.05, 4.69) is 5.32 Å². The Morgan fingerprint density at radius 1 is 1.06 bits per heavy atom. The highest BCUT2D eigenvalue weighted by molar-refractivity contribution is 6.09. The number of rotatable bonds is 0. The van der Waals surface area contributed by atoms with Crippen molar-refractivity contribution in [3.8, 4) is 0 Å². The van der Waals surface area contributed by atoms with Crippen LogP contribution in [-0.4, -0.2) is 5.91 Å². The quantitative estimate of drug-likeness (QED) is 0.725. The molecule has 1 aliphatic heterocycles. The van der Waals surface area contributed by atoms with Crippen LogP contribution < -0.4 is 5.32 Å². The average molecular weight is 219 g/mol. The standard InChI is InChI=1S/C12H7F2NO/c13-12(14)10-8-4-2-1-3-7(8)5-6-9(10)15-11(12)16/h1-6H,(H,15,16). The van der Waals surface area contributed by atoms with Crippen LogP contribution in [0.15, 0.2) is 36.4 Å². The van der Waals surface area contributed by atoms with Crippen molar-refractivity contribution >= 4 is 22.4 Å². The second-order valence-electron chi connectivity index (χ2n) is 3.74. The predicted octanol–water partition coefficient (Wildman–Crippen LogP) is 2.88. The van der Waals surface area contributed by atoms with Crippen LogP contribution in [0.25, 0.3) is 10.8 Å². The SMILES string of the molecule is O=C1Nc2ccc3ccccc3c2C1(F)F. The Morgan fingerprint density at radius 3 is 2.62 bits per heavy atom. The number of carbonyl (C=O) groups is 1. The summed E-state index contributed by atoms with van der Waals surface area (Å²) >= 11 is 0. The van der Waals surface area contributed by atoms with Gasteiger partial charge in [-0.3, -0.25) is 4.79 Å². The van der Waals surface area contributed by atoms with Crippen LogP contribution in [0.2, 0.25) is 0 Å². The van der Waals surface area contributed by atoms with Gasteiger partial charge in [0.1, 0.15) is 0 Å². The highest BCUT2D eigenvalue weighted by atomic mass is 19.3. The van der Waals surface area contributed by atoms with Crippen molar-refractivity contribution in [1.82, 2.24) is 0 Å². The predicted molar refractivity (Wildman–Crippen MR) is 56.5 cm³/mol. The molecule has 1 heterocycles. The van der Waals surface area contributed by atoms with Gasteiger partial charge in [-0.05, 0) is 16.8 Å². The molecule has 0 saturated carbocycles. The highest BCUT2D eigenvalue weighted by Crippen LogP contribution is 2.44. The summed E-state index contributed by atoms with van der Waals surface area (Å²) in [6.45, 7) is 0. The van der Waals surface area contributed by atoms with E-state index < -0.39 is 11.8 Å². The minimum absolute atomic E-state index is 0.203. The van der Waals surface area contributed by atoms with Crippen LogP contribution in [0.5, 0.6) is 0 Å². The largest absolute Gasteiger partial charge is 0.352 e. The van der Waals surface area contributed by atoms with Gasteiger partial charge < -0.3 is 5.32 Å². The van der Waals surface area contributed by atoms with E-state index in [-0.39, 0.29) is 11.3 Å². The van der Waals surface area contributed by atoms with Crippen molar-refractivity contribution in [2.24, 2.45) is 0 Å². The minimum Gasteiger partial charge on any atom is -0.320 e. The number of anilines is 1. The molecular weight excluding hydrogens is 212 g/mol. The highest BCUT2D eigenvalue weighted by Gasteiger charge is 2.49. The Kier molecular flexibility index (Phi) is 1.61. The first-order valence-corrected chi connectivity index (χ1v) is 4.82. The van der Waals surface area contributed by atoms with Gasteiger partial charge in [0.15, 0.2) is 0 Å². The number of hydrogen-bond donors (Lipinski definition) is 1. The first-order valence-electron chi connectivity index (χ1n) is 4.82. The molecule has 80 valence electrons. The summed E-state index contributed by atoms with van der Waals surface area (Å²) in [6, 6.07) is 10.0. The lowest BCUT2D eigenvalue weighted by Gasteiger charge is -2.09. The summed E-state index contributed by atoms with van der Waals surface area (Å²) in [5.41, 5.74) is -0.00991. The average Bonchev–Trinajstić information content (AvgIpc) is 2.50. The number of amides is 1. The fourth-order valence-electron chi connectivity index (χ4n) is 2.03. The number of carbonyl (C=O) groups excluding carboxylic acids is 1. The molecule has 0 aromatic heterocycles. The summed E-state index contributed by atoms with van der Waals surface area (Å²) in [7, 11) is 0. The van der Waals surface area contributed by atoms with E-state index >= 15 is 0 Å². The third kappa shape index (κ3) is 1.01. The zero-order valence-electron chi connectivity index (χ0n) is 8.13. The monoisotopic (exact) mass is 219 g/mol. The fourth-order valence-corrected chi connectivity index (χ4v) is 2.03. The lowest BCUT2D eigenvalue weighted by molar-refractivity contribution is -0.138. The molecule has 0 fully saturated rings. The van der Waals surface area contributed by atoms with Gasteiger partial charge in [-0.1, -0.05) is 30.3 Å². The maximum absolute atomic E-state index is 13.6. The molecule has 0 saturated heterocycles. The third-order valence-electron chi connectivity index (χ3n) is 2.78. The third-order valence-corrected chi connectivity index (χ3v) is 2.78. The molecule has 16 heavy (non-hydrogen) atoms. The van der Waals surface area contributed by atoms with Crippen LogP contribution in [0.3, 0.4) is 0 Å². The molecule has 2 aromatic carbocycles. The summed E-state index contributed by atoms with van der Waals surface area (Å²) in [4.78, 5) is 11.1. The molecule has 0 bridgehead atoms. The molecular formula is C12H7F2NO. The van der Waals surface area contributed by atoms with Crippen LogP contribution in [0, 0.1) is 0 Å². The maximum atomic E-state index is 13.6. The van der Waals surface area contributed by atoms with E-state index in [4.69, 9.17) is 0 Å². The molecule has 0 atom stereocenters. The van der Waals surface area contributed by atoms with Gasteiger partial charge in [0, 0.05) is 0 Å². The molecule has 0 unspecified atom stereocenters. The van der Waals surface area contributed by atoms with Gasteiger partial charge in [-0.2, -0.15) is 8.78 Å². The first kappa shape index (κ1) is 9.27. The zero-order chi connectivity index (χ0) is 11.3. The topological polar surface area (TPSA) is 29.1 Å². The van der Waals surface area contributed by atoms with E-state index in [1.807, 2.05) is 0 Å². The Morgan fingerprint density at radius 2 is 1.81 bits per heavy atom. The van der Waals surface area contributed by atoms with Crippen LogP contribution in [-0.2, 0) is 10.7 Å². The Bertz CT molecular complexity index is 607. The van der Waals surface area contributed by atoms with Crippen molar-refractivity contribution in [2.45, 2.75) is 5.92 Å². The van der Waals surface area contributed by atoms with Crippen molar-refractivity contribution in [2.75, 3.05) is 5.32 Å². The Hall–Kier alpha value is -1.97. The van der Waals surface area contributed by atoms with E-state index in [0.29, 0.717) is 10.8 Å². The van der Waals surface area contributed by atoms with Gasteiger partial charge in [-0.25, -0.2) is 0 Å². The molecule has 0 aliphatic carbocycles. The summed E-state index contributed by atoms with van der Waals surface area (Å²) in [6.07, 6.45) is 0. The molecule has 2 nitrogen and oxygen atoms in total. The Balaban J connectivity index is 2.44. The van der Waals surface area contributed by atoms with E-state index in [0.717, 1.165) is 0 Å². The number of hydrogen-bond acceptors (Lipinski definition) is 1. The normalized spacial score (nSPS) is 17.2. The smallest absolute Gasteiger partial charge is 0.320 e. The molecule has 1 aliphatic rings. The lowest BCUT2D eigenvalue weighted by Crippen LogP contribution is -2.23. The zero-order valence-corrected chi connectivity index (χ0v) is 8.13. The molecule has 2 aromatic rings. The minimum atomic E-state index is -3.43. The number of alkyl halides is 2. The van der Waals surface area contributed by atoms with Gasteiger partial charge >= 0.3 is 5.92 Å². The molecule has 1 N–H and O–H groups in total. The van der Waals surface area contributed by atoms with Crippen molar-refractivity contribution in [1.29, 1.82) is 0 Å². The Labute approximate surface area is 89.9 Å². The summed E-state index contributed by atoms with van der Waals surface area (Å²) < 4.78 is 27.3. The maximum Gasteiger partial charge on any atom is 0.352 e. The van der Waals surface area contributed by atoms with E-state index in [1.165, 1.54) is 6.07 Å². The number of nitrogens with one attached hydrogen (secondary N) is 1. The second-order valence-corrected chi connectivity index (χ2v) is 3.74. The number of fused-ring (bicyclic) bond motifs is 3. The number of halogens is 2. The van der Waals surface area contributed by atoms with Crippen molar-refractivity contribution < 1.29 is 13.6 Å². The van der Waals surface area contributed by atoms with Crippen LogP contribution in [0.4, 0.5) is 14.5 Å². The number of benzene rings is 2. The van der Waals surface area contributed by atoms with Crippen molar-refractivity contribution in [3.63, 3.8) is 0 Å². The molecule has 3 rings (SSSR count). The van der Waals surface area contributed by atoms with Crippen LogP contribution in [0.1, 0.15) is 5.56 Å². The lowest BCUT2D eigenvalue weighted by atomic mass is 10.0. The molecule has 1 amide bonds. The summed E-state index contributed by atoms with van der Waals surface area (Å²) in [5, 5.41) is 3.32. The van der Waals surface area contributed by atoms with E-state index in [9.17, 15) is 13.6 Å². The fraction of sp³-hybridized carbons (Fsp3) is 0.0833. The molecule has 0 radical (unpaired) electrons. The van der Waals surface area contributed by atoms with E-state index in [1.54, 1.807) is 30.3 Å². The molecule has 0 spiro atoms. The van der Waals surface area contributed by atoms with Gasteiger partial charge in [0.05, 0.1) is 11.3 Å². The van der Waals surface area contributed by atoms with Crippen molar-refractivity contribution in [3.05, 3.63) is 42.0 Å². The first-order chi connectivity index (χ1) is 7.60. The second kappa shape index (κ2) is 2.78. The van der Waals surface area contributed by atoms with Gasteiger partial charge in [0.2, 0.25) is 0 Å². The molecule has 4 heteroatoms. The van der Waals surface area contributed by atoms with Crippen LogP contribution >= 0.6 is 0 Å².